The summed E-state index contributed by atoms with van der Waals surface area (Å²) in [5.41, 5.74) is 0.893. The van der Waals surface area contributed by atoms with Crippen LogP contribution < -0.4 is 5.32 Å². The third-order valence-electron chi connectivity index (χ3n) is 5.22. The van der Waals surface area contributed by atoms with Crippen LogP contribution in [-0.4, -0.2) is 5.91 Å². The van der Waals surface area contributed by atoms with Crippen LogP contribution in [0.1, 0.15) is 110 Å². The lowest BCUT2D eigenvalue weighted by Gasteiger charge is -2.04. The van der Waals surface area contributed by atoms with E-state index in [1.807, 2.05) is 30.3 Å². The van der Waals surface area contributed by atoms with Gasteiger partial charge in [-0.1, -0.05) is 101 Å². The van der Waals surface area contributed by atoms with Gasteiger partial charge < -0.3 is 5.32 Å². The molecule has 0 fully saturated rings. The number of allylic oxidation sites excluding steroid dienone is 2. The minimum Gasteiger partial charge on any atom is -0.326 e. The Kier molecular flexibility index (Phi) is 16.4. The summed E-state index contributed by atoms with van der Waals surface area (Å²) in [7, 11) is 0. The zero-order chi connectivity index (χ0) is 20.1. The smallest absolute Gasteiger partial charge is 0.224 e. The van der Waals surface area contributed by atoms with Crippen LogP contribution in [0.15, 0.2) is 42.5 Å². The molecule has 0 spiro atoms. The van der Waals surface area contributed by atoms with Crippen LogP contribution >= 0.6 is 0 Å². The first-order valence-corrected chi connectivity index (χ1v) is 11.8. The molecule has 0 unspecified atom stereocenters. The Bertz CT molecular complexity index is 494. The maximum Gasteiger partial charge on any atom is 0.224 e. The van der Waals surface area contributed by atoms with Gasteiger partial charge in [0, 0.05) is 12.1 Å². The number of rotatable bonds is 18. The number of unbranched alkanes of at least 4 members (excludes halogenated alkanes) is 13. The number of anilines is 1. The van der Waals surface area contributed by atoms with Crippen molar-refractivity contribution in [2.24, 2.45) is 0 Å². The predicted molar refractivity (Wildman–Crippen MR) is 124 cm³/mol. The number of hydrogen-bond acceptors (Lipinski definition) is 1. The molecule has 0 aromatic heterocycles. The van der Waals surface area contributed by atoms with Gasteiger partial charge in [-0.05, 0) is 44.2 Å². The third kappa shape index (κ3) is 15.5. The van der Waals surface area contributed by atoms with Crippen molar-refractivity contribution in [2.45, 2.75) is 110 Å². The first-order valence-electron chi connectivity index (χ1n) is 11.8. The van der Waals surface area contributed by atoms with E-state index < -0.39 is 0 Å². The molecule has 28 heavy (non-hydrogen) atoms. The van der Waals surface area contributed by atoms with Crippen LogP contribution in [0, 0.1) is 0 Å². The lowest BCUT2D eigenvalue weighted by molar-refractivity contribution is -0.116. The van der Waals surface area contributed by atoms with Gasteiger partial charge in [-0.3, -0.25) is 4.79 Å². The Hall–Kier alpha value is -1.57. The Morgan fingerprint density at radius 2 is 1.21 bits per heavy atom. The Morgan fingerprint density at radius 3 is 1.79 bits per heavy atom. The van der Waals surface area contributed by atoms with Gasteiger partial charge in [-0.15, -0.1) is 0 Å². The SMILES string of the molecule is CCCCCCCCCCC/C=C\CCCCCCC(=O)Nc1ccccc1. The average Bonchev–Trinajstić information content (AvgIpc) is 2.71. The van der Waals surface area contributed by atoms with Crippen LogP contribution in [-0.2, 0) is 4.79 Å². The molecule has 0 atom stereocenters. The van der Waals surface area contributed by atoms with Crippen molar-refractivity contribution in [3.8, 4) is 0 Å². The second kappa shape index (κ2) is 18.8. The van der Waals surface area contributed by atoms with E-state index in [1.54, 1.807) is 0 Å². The second-order valence-corrected chi connectivity index (χ2v) is 7.96. The first-order chi connectivity index (χ1) is 13.8. The quantitative estimate of drug-likeness (QED) is 0.199. The molecule has 1 aromatic carbocycles. The van der Waals surface area contributed by atoms with Gasteiger partial charge in [0.15, 0.2) is 0 Å². The van der Waals surface area contributed by atoms with Gasteiger partial charge in [-0.25, -0.2) is 0 Å². The number of hydrogen-bond donors (Lipinski definition) is 1. The number of nitrogens with one attached hydrogen (secondary N) is 1. The van der Waals surface area contributed by atoms with Gasteiger partial charge in [0.25, 0.3) is 0 Å². The summed E-state index contributed by atoms with van der Waals surface area (Å²) in [5.74, 6) is 0.132. The molecule has 158 valence electrons. The van der Waals surface area contributed by atoms with Crippen molar-refractivity contribution in [3.63, 3.8) is 0 Å². The zero-order valence-corrected chi connectivity index (χ0v) is 18.3. The van der Waals surface area contributed by atoms with Crippen molar-refractivity contribution in [1.29, 1.82) is 0 Å². The van der Waals surface area contributed by atoms with E-state index in [1.165, 1.54) is 83.5 Å². The number of benzene rings is 1. The molecule has 0 heterocycles. The summed E-state index contributed by atoms with van der Waals surface area (Å²) in [6.07, 6.45) is 25.0. The maximum atomic E-state index is 11.9. The molecular formula is C26H43NO. The fourth-order valence-corrected chi connectivity index (χ4v) is 3.45. The summed E-state index contributed by atoms with van der Waals surface area (Å²) in [6.45, 7) is 2.28. The second-order valence-electron chi connectivity index (χ2n) is 7.96. The van der Waals surface area contributed by atoms with Crippen molar-refractivity contribution < 1.29 is 4.79 Å². The summed E-state index contributed by atoms with van der Waals surface area (Å²) in [5, 5.41) is 2.95. The molecule has 0 bridgehead atoms. The molecular weight excluding hydrogens is 342 g/mol. The molecule has 0 aliphatic carbocycles. The van der Waals surface area contributed by atoms with Crippen LogP contribution in [0.25, 0.3) is 0 Å². The topological polar surface area (TPSA) is 29.1 Å². The number of carbonyl (C=O) groups excluding carboxylic acids is 1. The van der Waals surface area contributed by atoms with Crippen LogP contribution in [0.4, 0.5) is 5.69 Å². The average molecular weight is 386 g/mol. The molecule has 0 aliphatic heterocycles. The van der Waals surface area contributed by atoms with Crippen LogP contribution in [0.3, 0.4) is 0 Å². The van der Waals surface area contributed by atoms with Gasteiger partial charge >= 0.3 is 0 Å². The number of carbonyl (C=O) groups is 1. The lowest BCUT2D eigenvalue weighted by atomic mass is 10.1. The van der Waals surface area contributed by atoms with E-state index in [-0.39, 0.29) is 5.91 Å². The largest absolute Gasteiger partial charge is 0.326 e. The van der Waals surface area contributed by atoms with Gasteiger partial charge in [-0.2, -0.15) is 0 Å². The minimum absolute atomic E-state index is 0.132. The lowest BCUT2D eigenvalue weighted by Crippen LogP contribution is -2.10. The molecule has 0 radical (unpaired) electrons. The van der Waals surface area contributed by atoms with Crippen molar-refractivity contribution in [2.75, 3.05) is 5.32 Å². The van der Waals surface area contributed by atoms with E-state index >= 15 is 0 Å². The zero-order valence-electron chi connectivity index (χ0n) is 18.3. The van der Waals surface area contributed by atoms with E-state index in [9.17, 15) is 4.79 Å². The Labute approximate surface area is 174 Å². The minimum atomic E-state index is 0.132. The fraction of sp³-hybridized carbons (Fsp3) is 0.654. The summed E-state index contributed by atoms with van der Waals surface area (Å²) >= 11 is 0. The first kappa shape index (κ1) is 24.5. The highest BCUT2D eigenvalue weighted by Gasteiger charge is 2.01. The normalized spacial score (nSPS) is 11.2. The summed E-state index contributed by atoms with van der Waals surface area (Å²) in [6, 6.07) is 9.70. The monoisotopic (exact) mass is 385 g/mol. The predicted octanol–water partition coefficient (Wildman–Crippen LogP) is 8.44. The molecule has 0 saturated carbocycles. The highest BCUT2D eigenvalue weighted by Crippen LogP contribution is 2.12. The molecule has 2 nitrogen and oxygen atoms in total. The molecule has 1 rings (SSSR count). The van der Waals surface area contributed by atoms with Gasteiger partial charge in [0.1, 0.15) is 0 Å². The Morgan fingerprint density at radius 1 is 0.714 bits per heavy atom. The van der Waals surface area contributed by atoms with E-state index in [2.05, 4.69) is 24.4 Å². The van der Waals surface area contributed by atoms with E-state index in [0.717, 1.165) is 18.5 Å². The third-order valence-corrected chi connectivity index (χ3v) is 5.22. The highest BCUT2D eigenvalue weighted by atomic mass is 16.1. The standard InChI is InChI=1S/C26H43NO/c1-2-3-4-5-6-7-8-9-10-11-12-13-14-15-16-17-21-24-26(28)27-25-22-19-18-20-23-25/h12-13,18-20,22-23H,2-11,14-17,21,24H2,1H3,(H,27,28)/b13-12-. The molecule has 0 aliphatic rings. The van der Waals surface area contributed by atoms with Crippen molar-refractivity contribution >= 4 is 11.6 Å². The fourth-order valence-electron chi connectivity index (χ4n) is 3.45. The van der Waals surface area contributed by atoms with Gasteiger partial charge in [0.2, 0.25) is 5.91 Å². The highest BCUT2D eigenvalue weighted by molar-refractivity contribution is 5.90. The van der Waals surface area contributed by atoms with Crippen LogP contribution in [0.5, 0.6) is 0 Å². The van der Waals surface area contributed by atoms with Gasteiger partial charge in [0.05, 0.1) is 0 Å². The molecule has 0 saturated heterocycles. The maximum absolute atomic E-state index is 11.9. The number of para-hydroxylation sites is 1. The molecule has 1 amide bonds. The van der Waals surface area contributed by atoms with E-state index in [0.29, 0.717) is 6.42 Å². The summed E-state index contributed by atoms with van der Waals surface area (Å²) in [4.78, 5) is 11.9. The Balaban J connectivity index is 1.80. The van der Waals surface area contributed by atoms with E-state index in [4.69, 9.17) is 0 Å². The van der Waals surface area contributed by atoms with Crippen LogP contribution in [0.2, 0.25) is 0 Å². The molecule has 1 aromatic rings. The van der Waals surface area contributed by atoms with Crippen molar-refractivity contribution in [3.05, 3.63) is 42.5 Å². The summed E-state index contributed by atoms with van der Waals surface area (Å²) < 4.78 is 0. The number of amides is 1. The molecule has 2 heteroatoms. The van der Waals surface area contributed by atoms with Crippen molar-refractivity contribution in [1.82, 2.24) is 0 Å². The molecule has 1 N–H and O–H groups in total.